The molecular formula is C21H21FN8O. The number of amides is 1. The van der Waals surface area contributed by atoms with Gasteiger partial charge in [0.05, 0.1) is 17.7 Å². The summed E-state index contributed by atoms with van der Waals surface area (Å²) in [6.45, 7) is 3.66. The maximum Gasteiger partial charge on any atom is 0.224 e. The van der Waals surface area contributed by atoms with Crippen molar-refractivity contribution in [2.24, 2.45) is 11.7 Å². The Morgan fingerprint density at radius 3 is 2.65 bits per heavy atom. The molecule has 1 unspecified atom stereocenters. The van der Waals surface area contributed by atoms with Gasteiger partial charge in [-0.25, -0.2) is 24.9 Å². The topological polar surface area (TPSA) is 114 Å². The number of rotatable bonds is 4. The van der Waals surface area contributed by atoms with Gasteiger partial charge in [-0.05, 0) is 13.0 Å². The largest absolute Gasteiger partial charge is 0.370 e. The van der Waals surface area contributed by atoms with E-state index in [-0.39, 0.29) is 17.9 Å². The Hall–Kier alpha value is -3.69. The van der Waals surface area contributed by atoms with Crippen LogP contribution in [0, 0.1) is 11.9 Å². The van der Waals surface area contributed by atoms with Crippen molar-refractivity contribution >= 4 is 17.4 Å². The quantitative estimate of drug-likeness (QED) is 0.632. The predicted octanol–water partition coefficient (Wildman–Crippen LogP) is 1.51. The van der Waals surface area contributed by atoms with Crippen LogP contribution in [0.5, 0.6) is 0 Å². The molecule has 1 amide bonds. The van der Waals surface area contributed by atoms with E-state index in [4.69, 9.17) is 5.73 Å². The minimum Gasteiger partial charge on any atom is -0.370 e. The van der Waals surface area contributed by atoms with Crippen molar-refractivity contribution in [3.8, 4) is 11.6 Å². The fraction of sp³-hybridized carbons (Fsp3) is 0.333. The second kappa shape index (κ2) is 7.53. The lowest BCUT2D eigenvalue weighted by atomic mass is 9.98. The summed E-state index contributed by atoms with van der Waals surface area (Å²) in [6, 6.07) is 4.91. The van der Waals surface area contributed by atoms with Crippen LogP contribution in [0.15, 0.2) is 36.8 Å². The molecule has 2 aliphatic rings. The first kappa shape index (κ1) is 19.3. The third-order valence-corrected chi connectivity index (χ3v) is 5.88. The number of fused-ring (bicyclic) bond motifs is 1. The van der Waals surface area contributed by atoms with Crippen LogP contribution >= 0.6 is 0 Å². The fourth-order valence-electron chi connectivity index (χ4n) is 4.07. The van der Waals surface area contributed by atoms with E-state index in [1.165, 1.54) is 6.07 Å². The Balaban J connectivity index is 1.40. The average molecular weight is 420 g/mol. The lowest BCUT2D eigenvalue weighted by Gasteiger charge is -2.40. The van der Waals surface area contributed by atoms with Crippen LogP contribution in [0.1, 0.15) is 24.2 Å². The van der Waals surface area contributed by atoms with E-state index in [2.05, 4.69) is 24.9 Å². The van der Waals surface area contributed by atoms with Crippen LogP contribution in [0.3, 0.4) is 0 Å². The van der Waals surface area contributed by atoms with Crippen molar-refractivity contribution in [1.82, 2.24) is 24.9 Å². The molecule has 9 nitrogen and oxygen atoms in total. The molecule has 1 fully saturated rings. The van der Waals surface area contributed by atoms with E-state index < -0.39 is 5.95 Å². The standard InChI is InChI=1S/C21H21FN8O/c1-12-15-9-26-21(20-24-4-2-5-25-20)27-16(15)3-6-30(12)18-8-14(7-17(22)28-18)29-10-13(11-29)19(23)31/h2,4-5,7-9,12-13H,3,6,10-11H2,1H3,(H2,23,31). The van der Waals surface area contributed by atoms with E-state index in [1.54, 1.807) is 24.7 Å². The molecule has 0 spiro atoms. The maximum absolute atomic E-state index is 14.3. The zero-order chi connectivity index (χ0) is 21.5. The number of halogens is 1. The Labute approximate surface area is 178 Å². The van der Waals surface area contributed by atoms with Crippen LogP contribution in [-0.4, -0.2) is 50.5 Å². The zero-order valence-electron chi connectivity index (χ0n) is 16.9. The number of hydrogen-bond donors (Lipinski definition) is 1. The summed E-state index contributed by atoms with van der Waals surface area (Å²) < 4.78 is 14.3. The van der Waals surface area contributed by atoms with Gasteiger partial charge >= 0.3 is 0 Å². The van der Waals surface area contributed by atoms with Gasteiger partial charge in [-0.3, -0.25) is 4.79 Å². The summed E-state index contributed by atoms with van der Waals surface area (Å²) in [6.07, 6.45) is 5.78. The van der Waals surface area contributed by atoms with Crippen LogP contribution in [0.25, 0.3) is 11.6 Å². The molecule has 158 valence electrons. The van der Waals surface area contributed by atoms with E-state index in [1.807, 2.05) is 22.8 Å². The van der Waals surface area contributed by atoms with E-state index in [0.29, 0.717) is 49.2 Å². The molecule has 31 heavy (non-hydrogen) atoms. The number of hydrogen-bond acceptors (Lipinski definition) is 8. The van der Waals surface area contributed by atoms with Crippen molar-refractivity contribution in [1.29, 1.82) is 0 Å². The second-order valence-corrected chi connectivity index (χ2v) is 7.80. The van der Waals surface area contributed by atoms with Gasteiger partial charge in [0.2, 0.25) is 11.9 Å². The summed E-state index contributed by atoms with van der Waals surface area (Å²) >= 11 is 0. The van der Waals surface area contributed by atoms with Crippen molar-refractivity contribution in [2.45, 2.75) is 19.4 Å². The van der Waals surface area contributed by atoms with Crippen LogP contribution in [-0.2, 0) is 11.2 Å². The average Bonchev–Trinajstić information content (AvgIpc) is 2.72. The SMILES string of the molecule is CC1c2cnc(-c3ncccn3)nc2CCN1c1cc(N2CC(C(N)=O)C2)cc(F)n1. The molecule has 2 N–H and O–H groups in total. The Morgan fingerprint density at radius 1 is 1.13 bits per heavy atom. The van der Waals surface area contributed by atoms with Gasteiger partial charge in [0.15, 0.2) is 11.6 Å². The molecule has 0 aromatic carbocycles. The van der Waals surface area contributed by atoms with Gasteiger partial charge in [-0.1, -0.05) is 0 Å². The molecule has 5 rings (SSSR count). The van der Waals surface area contributed by atoms with Gasteiger partial charge in [0.1, 0.15) is 5.82 Å². The molecule has 3 aromatic rings. The summed E-state index contributed by atoms with van der Waals surface area (Å²) in [4.78, 5) is 36.9. The second-order valence-electron chi connectivity index (χ2n) is 7.80. The number of anilines is 2. The fourth-order valence-corrected chi connectivity index (χ4v) is 4.07. The number of carbonyl (C=O) groups excluding carboxylic acids is 1. The molecule has 3 aromatic heterocycles. The van der Waals surface area contributed by atoms with Gasteiger partial charge in [-0.15, -0.1) is 0 Å². The van der Waals surface area contributed by atoms with E-state index >= 15 is 0 Å². The van der Waals surface area contributed by atoms with Gasteiger partial charge in [-0.2, -0.15) is 4.39 Å². The Morgan fingerprint density at radius 2 is 1.90 bits per heavy atom. The number of carbonyl (C=O) groups is 1. The normalized spacial score (nSPS) is 18.5. The Bertz CT molecular complexity index is 1140. The molecule has 2 aliphatic heterocycles. The monoisotopic (exact) mass is 420 g/mol. The molecule has 0 bridgehead atoms. The first-order valence-corrected chi connectivity index (χ1v) is 10.1. The van der Waals surface area contributed by atoms with Gasteiger partial charge in [0, 0.05) is 68.0 Å². The molecule has 0 radical (unpaired) electrons. The van der Waals surface area contributed by atoms with Crippen molar-refractivity contribution in [3.63, 3.8) is 0 Å². The summed E-state index contributed by atoms with van der Waals surface area (Å²) in [5, 5.41) is 0. The molecule has 10 heteroatoms. The third-order valence-electron chi connectivity index (χ3n) is 5.88. The smallest absolute Gasteiger partial charge is 0.224 e. The first-order valence-electron chi connectivity index (χ1n) is 10.1. The van der Waals surface area contributed by atoms with Crippen molar-refractivity contribution in [3.05, 3.63) is 54.0 Å². The maximum atomic E-state index is 14.3. The Kier molecular flexibility index (Phi) is 4.68. The summed E-state index contributed by atoms with van der Waals surface area (Å²) in [7, 11) is 0. The molecule has 0 aliphatic carbocycles. The van der Waals surface area contributed by atoms with Crippen LogP contribution < -0.4 is 15.5 Å². The highest BCUT2D eigenvalue weighted by atomic mass is 19.1. The highest BCUT2D eigenvalue weighted by Crippen LogP contribution is 2.35. The molecular weight excluding hydrogens is 399 g/mol. The predicted molar refractivity (Wildman–Crippen MR) is 112 cm³/mol. The van der Waals surface area contributed by atoms with Crippen molar-refractivity contribution < 1.29 is 9.18 Å². The first-order chi connectivity index (χ1) is 15.0. The van der Waals surface area contributed by atoms with Crippen LogP contribution in [0.4, 0.5) is 15.9 Å². The number of aromatic nitrogens is 5. The number of primary amides is 1. The highest BCUT2D eigenvalue weighted by Gasteiger charge is 2.33. The van der Waals surface area contributed by atoms with E-state index in [9.17, 15) is 9.18 Å². The van der Waals surface area contributed by atoms with Crippen molar-refractivity contribution in [2.75, 3.05) is 29.4 Å². The number of nitrogens with two attached hydrogens (primary N) is 1. The minimum absolute atomic E-state index is 0.0774. The van der Waals surface area contributed by atoms with E-state index in [0.717, 1.165) is 11.3 Å². The summed E-state index contributed by atoms with van der Waals surface area (Å²) in [5.74, 6) is 0.452. The lowest BCUT2D eigenvalue weighted by Crippen LogP contribution is -2.52. The zero-order valence-corrected chi connectivity index (χ0v) is 16.9. The molecule has 0 saturated carbocycles. The minimum atomic E-state index is -0.555. The lowest BCUT2D eigenvalue weighted by molar-refractivity contribution is -0.122. The number of nitrogens with zero attached hydrogens (tertiary/aromatic N) is 7. The summed E-state index contributed by atoms with van der Waals surface area (Å²) in [5.41, 5.74) is 7.95. The third kappa shape index (κ3) is 3.54. The van der Waals surface area contributed by atoms with Gasteiger partial charge < -0.3 is 15.5 Å². The molecule has 5 heterocycles. The van der Waals surface area contributed by atoms with Crippen LogP contribution in [0.2, 0.25) is 0 Å². The molecule has 1 atom stereocenters. The molecule has 1 saturated heterocycles. The number of pyridine rings is 1. The highest BCUT2D eigenvalue weighted by molar-refractivity contribution is 5.80. The van der Waals surface area contributed by atoms with Gasteiger partial charge in [0.25, 0.3) is 0 Å².